The Hall–Kier alpha value is -2.06. The minimum Gasteiger partial charge on any atom is -0.429 e. The maximum atomic E-state index is 8.83. The van der Waals surface area contributed by atoms with Gasteiger partial charge in [-0.1, -0.05) is 23.5 Å². The van der Waals surface area contributed by atoms with Gasteiger partial charge in [-0.15, -0.1) is 0 Å². The van der Waals surface area contributed by atoms with Crippen LogP contribution in [0.4, 0.5) is 5.00 Å². The van der Waals surface area contributed by atoms with Crippen LogP contribution >= 0.6 is 11.3 Å². The molecule has 2 rings (SSSR count). The smallest absolute Gasteiger partial charge is 0.280 e. The number of nitrogen functional groups attached to an aromatic ring is 1. The van der Waals surface area contributed by atoms with Gasteiger partial charge in [0.15, 0.2) is 0 Å². The zero-order chi connectivity index (χ0) is 10.7. The summed E-state index contributed by atoms with van der Waals surface area (Å²) in [6, 6.07) is 9.03. The molecule has 74 valence electrons. The first kappa shape index (κ1) is 9.49. The van der Waals surface area contributed by atoms with Gasteiger partial charge in [-0.25, -0.2) is 4.98 Å². The molecule has 0 aliphatic rings. The first-order valence-electron chi connectivity index (χ1n) is 4.18. The molecule has 0 aliphatic carbocycles. The molecule has 0 unspecified atom stereocenters. The monoisotopic (exact) mass is 217 g/mol. The van der Waals surface area contributed by atoms with Crippen LogP contribution in [0, 0.1) is 11.3 Å². The average molecular weight is 217 g/mol. The van der Waals surface area contributed by atoms with Crippen LogP contribution in [0.25, 0.3) is 0 Å². The van der Waals surface area contributed by atoms with Gasteiger partial charge in [0.05, 0.1) is 11.8 Å². The van der Waals surface area contributed by atoms with E-state index in [9.17, 15) is 0 Å². The van der Waals surface area contributed by atoms with Gasteiger partial charge in [-0.3, -0.25) is 0 Å². The van der Waals surface area contributed by atoms with Crippen molar-refractivity contribution >= 4 is 16.3 Å². The Balaban J connectivity index is 2.28. The Morgan fingerprint density at radius 3 is 2.87 bits per heavy atom. The molecule has 2 N–H and O–H groups in total. The predicted octanol–water partition coefficient (Wildman–Crippen LogP) is 2.39. The number of nitriles is 1. The molecule has 0 amide bonds. The quantitative estimate of drug-likeness (QED) is 0.838. The fourth-order valence-corrected chi connectivity index (χ4v) is 1.60. The average Bonchev–Trinajstić information content (AvgIpc) is 2.65. The summed E-state index contributed by atoms with van der Waals surface area (Å²) in [5, 5.41) is 9.85. The van der Waals surface area contributed by atoms with E-state index >= 15 is 0 Å². The fraction of sp³-hybridized carbons (Fsp3) is 0. The number of benzene rings is 1. The first-order chi connectivity index (χ1) is 7.29. The number of nitrogens with two attached hydrogens (primary N) is 1. The number of hydrogen-bond donors (Lipinski definition) is 1. The molecule has 0 aliphatic heterocycles. The highest BCUT2D eigenvalue weighted by Crippen LogP contribution is 2.29. The molecule has 1 aromatic carbocycles. The van der Waals surface area contributed by atoms with Crippen molar-refractivity contribution in [2.24, 2.45) is 0 Å². The van der Waals surface area contributed by atoms with E-state index in [1.54, 1.807) is 24.3 Å². The van der Waals surface area contributed by atoms with Crippen LogP contribution in [0.2, 0.25) is 0 Å². The van der Waals surface area contributed by atoms with Gasteiger partial charge in [-0.05, 0) is 12.1 Å². The van der Waals surface area contributed by atoms with Crippen molar-refractivity contribution in [1.82, 2.24) is 4.98 Å². The summed E-state index contributed by atoms with van der Waals surface area (Å²) in [6.45, 7) is 0. The molecule has 15 heavy (non-hydrogen) atoms. The number of para-hydroxylation sites is 1. The lowest BCUT2D eigenvalue weighted by atomic mass is 10.2. The van der Waals surface area contributed by atoms with E-state index in [0.29, 0.717) is 21.5 Å². The molecule has 0 saturated carbocycles. The summed E-state index contributed by atoms with van der Waals surface area (Å²) in [6.07, 6.45) is 1.52. The van der Waals surface area contributed by atoms with Gasteiger partial charge in [0.1, 0.15) is 16.8 Å². The van der Waals surface area contributed by atoms with Gasteiger partial charge in [0.2, 0.25) is 0 Å². The van der Waals surface area contributed by atoms with Crippen LogP contribution in [-0.4, -0.2) is 4.98 Å². The van der Waals surface area contributed by atoms with E-state index in [2.05, 4.69) is 4.98 Å². The highest BCUT2D eigenvalue weighted by atomic mass is 32.1. The van der Waals surface area contributed by atoms with Gasteiger partial charge in [-0.2, -0.15) is 5.26 Å². The topological polar surface area (TPSA) is 71.9 Å². The van der Waals surface area contributed by atoms with Crippen LogP contribution in [0.3, 0.4) is 0 Å². The Morgan fingerprint density at radius 1 is 1.40 bits per heavy atom. The highest BCUT2D eigenvalue weighted by Gasteiger charge is 2.05. The lowest BCUT2D eigenvalue weighted by Gasteiger charge is -2.02. The molecule has 0 spiro atoms. The largest absolute Gasteiger partial charge is 0.429 e. The predicted molar refractivity (Wildman–Crippen MR) is 57.8 cm³/mol. The van der Waals surface area contributed by atoms with E-state index in [0.717, 1.165) is 0 Å². The van der Waals surface area contributed by atoms with Crippen LogP contribution in [0.15, 0.2) is 30.5 Å². The second-order valence-corrected chi connectivity index (χ2v) is 3.76. The molecule has 0 fully saturated rings. The zero-order valence-corrected chi connectivity index (χ0v) is 8.49. The number of anilines is 1. The second kappa shape index (κ2) is 3.98. The summed E-state index contributed by atoms with van der Waals surface area (Å²) in [7, 11) is 0. The minimum atomic E-state index is 0.440. The molecule has 5 heteroatoms. The SMILES string of the molecule is N#Cc1ccccc1Oc1ncc(N)s1. The first-order valence-corrected chi connectivity index (χ1v) is 4.99. The molecular formula is C10H7N3OS. The normalized spacial score (nSPS) is 9.53. The maximum Gasteiger partial charge on any atom is 0.280 e. The number of thiazole rings is 1. The lowest BCUT2D eigenvalue weighted by molar-refractivity contribution is 0.477. The molecular weight excluding hydrogens is 210 g/mol. The summed E-state index contributed by atoms with van der Waals surface area (Å²) in [4.78, 5) is 3.95. The van der Waals surface area contributed by atoms with Crippen molar-refractivity contribution in [1.29, 1.82) is 5.26 Å². The van der Waals surface area contributed by atoms with Crippen molar-refractivity contribution in [3.05, 3.63) is 36.0 Å². The molecule has 1 heterocycles. The standard InChI is InChI=1S/C10H7N3OS/c11-5-7-3-1-2-4-8(7)14-10-13-6-9(12)15-10/h1-4,6H,12H2. The summed E-state index contributed by atoms with van der Waals surface area (Å²) < 4.78 is 5.43. The van der Waals surface area contributed by atoms with E-state index in [-0.39, 0.29) is 0 Å². The summed E-state index contributed by atoms with van der Waals surface area (Å²) >= 11 is 1.24. The van der Waals surface area contributed by atoms with Gasteiger partial charge in [0.25, 0.3) is 5.19 Å². The lowest BCUT2D eigenvalue weighted by Crippen LogP contribution is -1.86. The van der Waals surface area contributed by atoms with E-state index in [1.807, 2.05) is 6.07 Å². The summed E-state index contributed by atoms with van der Waals surface area (Å²) in [5.74, 6) is 0.495. The van der Waals surface area contributed by atoms with Crippen molar-refractivity contribution in [3.63, 3.8) is 0 Å². The van der Waals surface area contributed by atoms with Crippen LogP contribution < -0.4 is 10.5 Å². The van der Waals surface area contributed by atoms with E-state index in [1.165, 1.54) is 17.5 Å². The fourth-order valence-electron chi connectivity index (χ4n) is 1.06. The zero-order valence-electron chi connectivity index (χ0n) is 7.68. The number of ether oxygens (including phenoxy) is 1. The molecule has 0 bridgehead atoms. The van der Waals surface area contributed by atoms with Crippen molar-refractivity contribution in [2.75, 3.05) is 5.73 Å². The number of nitrogens with zero attached hydrogens (tertiary/aromatic N) is 2. The summed E-state index contributed by atoms with van der Waals surface area (Å²) in [5.41, 5.74) is 5.99. The molecule has 0 atom stereocenters. The van der Waals surface area contributed by atoms with Gasteiger partial charge < -0.3 is 10.5 Å². The Kier molecular flexibility index (Phi) is 2.52. The molecule has 2 aromatic rings. The highest BCUT2D eigenvalue weighted by molar-refractivity contribution is 7.17. The van der Waals surface area contributed by atoms with Gasteiger partial charge >= 0.3 is 0 Å². The Bertz CT molecular complexity index is 515. The molecule has 1 aromatic heterocycles. The van der Waals surface area contributed by atoms with Crippen LogP contribution in [-0.2, 0) is 0 Å². The van der Waals surface area contributed by atoms with Crippen LogP contribution in [0.1, 0.15) is 5.56 Å². The van der Waals surface area contributed by atoms with E-state index < -0.39 is 0 Å². The third-order valence-electron chi connectivity index (χ3n) is 1.71. The Morgan fingerprint density at radius 2 is 2.20 bits per heavy atom. The third kappa shape index (κ3) is 2.06. The second-order valence-electron chi connectivity index (χ2n) is 2.74. The molecule has 0 radical (unpaired) electrons. The third-order valence-corrected chi connectivity index (χ3v) is 2.41. The van der Waals surface area contributed by atoms with Crippen molar-refractivity contribution in [2.45, 2.75) is 0 Å². The van der Waals surface area contributed by atoms with Gasteiger partial charge in [0, 0.05) is 0 Å². The molecule has 4 nitrogen and oxygen atoms in total. The van der Waals surface area contributed by atoms with Crippen molar-refractivity contribution in [3.8, 4) is 17.0 Å². The Labute approximate surface area is 90.6 Å². The number of aromatic nitrogens is 1. The van der Waals surface area contributed by atoms with Crippen LogP contribution in [0.5, 0.6) is 10.9 Å². The number of rotatable bonds is 2. The maximum absolute atomic E-state index is 8.83. The van der Waals surface area contributed by atoms with Crippen molar-refractivity contribution < 1.29 is 4.74 Å². The van der Waals surface area contributed by atoms with E-state index in [4.69, 9.17) is 15.7 Å². The number of hydrogen-bond acceptors (Lipinski definition) is 5. The molecule has 0 saturated heterocycles. The minimum absolute atomic E-state index is 0.440.